The molecule has 4 aromatic carbocycles. The summed E-state index contributed by atoms with van der Waals surface area (Å²) in [6, 6.07) is 18.7. The van der Waals surface area contributed by atoms with Crippen LogP contribution in [0.25, 0.3) is 11.1 Å². The van der Waals surface area contributed by atoms with Crippen LogP contribution in [-0.2, 0) is 4.79 Å². The molecule has 5 nitrogen and oxygen atoms in total. The number of nitrogens with one attached hydrogen (secondary N) is 1. The van der Waals surface area contributed by atoms with Crippen molar-refractivity contribution in [2.24, 2.45) is 0 Å². The quantitative estimate of drug-likeness (QED) is 0.234. The minimum Gasteiger partial charge on any atom is -0.497 e. The first kappa shape index (κ1) is 26.1. The molecule has 0 heterocycles. The number of aldehydes is 1. The highest BCUT2D eigenvalue weighted by atomic mass is 35.5. The molecule has 4 rings (SSSR count). The number of methoxy groups -OCH3 is 1. The van der Waals surface area contributed by atoms with E-state index in [1.807, 2.05) is 0 Å². The van der Waals surface area contributed by atoms with Crippen LogP contribution in [0.2, 0.25) is 10.0 Å². The Morgan fingerprint density at radius 3 is 2.35 bits per heavy atom. The Bertz CT molecular complexity index is 1460. The fourth-order valence-corrected chi connectivity index (χ4v) is 4.12. The standard InChI is InChI=1S/C28H19Cl2F2NO4/c1-36-20-7-5-19(6-8-20)33-28(35)23-12-16(21-10-4-18(31)14-25(21)32)2-11-26(23)37-27(15-34)22-9-3-17(29)13-24(22)30/h2-15,27H,1H3,(H,33,35). The number of hydrogen-bond acceptors (Lipinski definition) is 4. The van der Waals surface area contributed by atoms with Crippen molar-refractivity contribution in [3.63, 3.8) is 0 Å². The molecule has 0 saturated carbocycles. The number of anilines is 1. The van der Waals surface area contributed by atoms with Crippen molar-refractivity contribution in [3.05, 3.63) is 112 Å². The molecule has 37 heavy (non-hydrogen) atoms. The smallest absolute Gasteiger partial charge is 0.259 e. The van der Waals surface area contributed by atoms with Crippen LogP contribution in [-0.4, -0.2) is 19.3 Å². The summed E-state index contributed by atoms with van der Waals surface area (Å²) < 4.78 is 39.0. The topological polar surface area (TPSA) is 64.6 Å². The second-order valence-corrected chi connectivity index (χ2v) is 8.70. The van der Waals surface area contributed by atoms with E-state index in [0.717, 1.165) is 12.1 Å². The Hall–Kier alpha value is -3.94. The van der Waals surface area contributed by atoms with E-state index >= 15 is 0 Å². The van der Waals surface area contributed by atoms with Crippen LogP contribution < -0.4 is 14.8 Å². The van der Waals surface area contributed by atoms with Gasteiger partial charge in [-0.15, -0.1) is 0 Å². The summed E-state index contributed by atoms with van der Waals surface area (Å²) in [5, 5.41) is 3.33. The van der Waals surface area contributed by atoms with Crippen LogP contribution in [0.5, 0.6) is 11.5 Å². The molecule has 1 amide bonds. The van der Waals surface area contributed by atoms with Crippen LogP contribution in [0.4, 0.5) is 14.5 Å². The summed E-state index contributed by atoms with van der Waals surface area (Å²) in [5.74, 6) is -1.47. The highest BCUT2D eigenvalue weighted by Crippen LogP contribution is 2.34. The van der Waals surface area contributed by atoms with Gasteiger partial charge in [-0.25, -0.2) is 8.78 Å². The average molecular weight is 542 g/mol. The number of hydrogen-bond donors (Lipinski definition) is 1. The van der Waals surface area contributed by atoms with Gasteiger partial charge >= 0.3 is 0 Å². The molecule has 1 atom stereocenters. The molecule has 0 fully saturated rings. The molecule has 0 saturated heterocycles. The summed E-state index contributed by atoms with van der Waals surface area (Å²) in [6.07, 6.45) is -0.626. The molecule has 1 N–H and O–H groups in total. The number of carbonyl (C=O) groups is 2. The zero-order chi connectivity index (χ0) is 26.5. The number of benzene rings is 4. The summed E-state index contributed by atoms with van der Waals surface area (Å²) in [4.78, 5) is 25.3. The molecular weight excluding hydrogens is 523 g/mol. The van der Waals surface area contributed by atoms with Crippen LogP contribution in [0.1, 0.15) is 22.0 Å². The molecule has 4 aromatic rings. The van der Waals surface area contributed by atoms with Gasteiger partial charge in [0.1, 0.15) is 23.1 Å². The number of rotatable bonds is 8. The first-order valence-electron chi connectivity index (χ1n) is 10.9. The van der Waals surface area contributed by atoms with Crippen LogP contribution >= 0.6 is 23.2 Å². The van der Waals surface area contributed by atoms with Crippen molar-refractivity contribution in [2.45, 2.75) is 6.10 Å². The summed E-state index contributed by atoms with van der Waals surface area (Å²) in [6.45, 7) is 0. The van der Waals surface area contributed by atoms with Crippen molar-refractivity contribution in [1.82, 2.24) is 0 Å². The second-order valence-electron chi connectivity index (χ2n) is 7.86. The van der Waals surface area contributed by atoms with Crippen molar-refractivity contribution in [2.75, 3.05) is 12.4 Å². The number of ether oxygens (including phenoxy) is 2. The van der Waals surface area contributed by atoms with Gasteiger partial charge in [0.05, 0.1) is 12.7 Å². The number of carbonyl (C=O) groups excluding carboxylic acids is 2. The Kier molecular flexibility index (Phi) is 8.06. The molecule has 0 aliphatic rings. The molecule has 0 aromatic heterocycles. The SMILES string of the molecule is COc1ccc(NC(=O)c2cc(-c3ccc(F)cc3F)ccc2OC(C=O)c2ccc(Cl)cc2Cl)cc1. The molecule has 0 spiro atoms. The lowest BCUT2D eigenvalue weighted by atomic mass is 10.0. The maximum Gasteiger partial charge on any atom is 0.259 e. The van der Waals surface area contributed by atoms with Crippen LogP contribution in [0.15, 0.2) is 78.9 Å². The van der Waals surface area contributed by atoms with E-state index in [-0.39, 0.29) is 21.9 Å². The maximum atomic E-state index is 14.5. The Balaban J connectivity index is 1.74. The fourth-order valence-electron chi connectivity index (χ4n) is 3.61. The summed E-state index contributed by atoms with van der Waals surface area (Å²) in [7, 11) is 1.52. The van der Waals surface area contributed by atoms with Gasteiger partial charge in [0, 0.05) is 32.9 Å². The molecule has 188 valence electrons. The zero-order valence-electron chi connectivity index (χ0n) is 19.3. The summed E-state index contributed by atoms with van der Waals surface area (Å²) >= 11 is 12.2. The van der Waals surface area contributed by atoms with Gasteiger partial charge in [-0.1, -0.05) is 35.3 Å². The molecule has 9 heteroatoms. The summed E-state index contributed by atoms with van der Waals surface area (Å²) in [5.41, 5.74) is 1.20. The third-order valence-electron chi connectivity index (χ3n) is 5.46. The normalized spacial score (nSPS) is 11.5. The predicted octanol–water partition coefficient (Wildman–Crippen LogP) is 7.52. The van der Waals surface area contributed by atoms with E-state index in [0.29, 0.717) is 33.9 Å². The molecular formula is C28H19Cl2F2NO4. The molecule has 0 aliphatic heterocycles. The monoisotopic (exact) mass is 541 g/mol. The van der Waals surface area contributed by atoms with Crippen molar-refractivity contribution < 1.29 is 27.8 Å². The van der Waals surface area contributed by atoms with E-state index in [1.54, 1.807) is 36.4 Å². The van der Waals surface area contributed by atoms with E-state index in [9.17, 15) is 18.4 Å². The van der Waals surface area contributed by atoms with E-state index in [4.69, 9.17) is 32.7 Å². The Labute approximate surface area is 221 Å². The first-order chi connectivity index (χ1) is 17.8. The number of amides is 1. The molecule has 0 bridgehead atoms. The zero-order valence-corrected chi connectivity index (χ0v) is 20.8. The number of halogens is 4. The minimum absolute atomic E-state index is 0.00831. The van der Waals surface area contributed by atoms with Gasteiger partial charge in [0.2, 0.25) is 0 Å². The highest BCUT2D eigenvalue weighted by Gasteiger charge is 2.22. The maximum absolute atomic E-state index is 14.5. The highest BCUT2D eigenvalue weighted by molar-refractivity contribution is 6.35. The lowest BCUT2D eigenvalue weighted by Gasteiger charge is -2.19. The van der Waals surface area contributed by atoms with Crippen molar-refractivity contribution in [1.29, 1.82) is 0 Å². The van der Waals surface area contributed by atoms with Gasteiger partial charge in [-0.2, -0.15) is 0 Å². The predicted molar refractivity (Wildman–Crippen MR) is 139 cm³/mol. The Morgan fingerprint density at radius 1 is 0.946 bits per heavy atom. The minimum atomic E-state index is -1.16. The fraction of sp³-hybridized carbons (Fsp3) is 0.0714. The van der Waals surface area contributed by atoms with Crippen molar-refractivity contribution in [3.8, 4) is 22.6 Å². The third kappa shape index (κ3) is 6.07. The largest absolute Gasteiger partial charge is 0.497 e. The average Bonchev–Trinajstić information content (AvgIpc) is 2.88. The van der Waals surface area contributed by atoms with Gasteiger partial charge in [-0.05, 0) is 66.2 Å². The van der Waals surface area contributed by atoms with Crippen LogP contribution in [0, 0.1) is 11.6 Å². The van der Waals surface area contributed by atoms with Gasteiger partial charge in [0.25, 0.3) is 5.91 Å². The van der Waals surface area contributed by atoms with Gasteiger partial charge in [-0.3, -0.25) is 9.59 Å². The second kappa shape index (κ2) is 11.4. The van der Waals surface area contributed by atoms with E-state index in [1.165, 1.54) is 37.4 Å². The Morgan fingerprint density at radius 2 is 1.70 bits per heavy atom. The van der Waals surface area contributed by atoms with Gasteiger partial charge in [0.15, 0.2) is 12.4 Å². The molecule has 0 aliphatic carbocycles. The lowest BCUT2D eigenvalue weighted by Crippen LogP contribution is -2.16. The van der Waals surface area contributed by atoms with E-state index in [2.05, 4.69) is 5.32 Å². The first-order valence-corrected chi connectivity index (χ1v) is 11.7. The van der Waals surface area contributed by atoms with Crippen LogP contribution in [0.3, 0.4) is 0 Å². The molecule has 0 radical (unpaired) electrons. The molecule has 1 unspecified atom stereocenters. The lowest BCUT2D eigenvalue weighted by molar-refractivity contribution is -0.113. The third-order valence-corrected chi connectivity index (χ3v) is 6.02. The van der Waals surface area contributed by atoms with E-state index < -0.39 is 23.6 Å². The van der Waals surface area contributed by atoms with Gasteiger partial charge < -0.3 is 14.8 Å². The van der Waals surface area contributed by atoms with Crippen molar-refractivity contribution >= 4 is 41.1 Å².